The number of nitriles is 1. The van der Waals surface area contributed by atoms with Gasteiger partial charge in [-0.1, -0.05) is 0 Å². The average Bonchev–Trinajstić information content (AvgIpc) is 2.82. The van der Waals surface area contributed by atoms with Crippen molar-refractivity contribution in [3.63, 3.8) is 0 Å². The standard InChI is InChI=1S/C12H12N4O/c1-10-3-4-11(9-13)12(17)16(10)8-7-15-6-2-5-14-15/h2-6H,7-8H2,1H3. The molecule has 86 valence electrons. The molecule has 0 aliphatic carbocycles. The molecule has 0 aliphatic heterocycles. The Kier molecular flexibility index (Phi) is 3.06. The van der Waals surface area contributed by atoms with Gasteiger partial charge >= 0.3 is 0 Å². The van der Waals surface area contributed by atoms with E-state index < -0.39 is 0 Å². The summed E-state index contributed by atoms with van der Waals surface area (Å²) in [7, 11) is 0. The minimum Gasteiger partial charge on any atom is -0.310 e. The lowest BCUT2D eigenvalue weighted by molar-refractivity contribution is 0.516. The van der Waals surface area contributed by atoms with Gasteiger partial charge in [0.1, 0.15) is 11.6 Å². The van der Waals surface area contributed by atoms with E-state index in [0.29, 0.717) is 13.1 Å². The topological polar surface area (TPSA) is 63.6 Å². The van der Waals surface area contributed by atoms with Gasteiger partial charge in [-0.2, -0.15) is 10.4 Å². The Morgan fingerprint density at radius 2 is 2.24 bits per heavy atom. The Labute approximate surface area is 98.5 Å². The van der Waals surface area contributed by atoms with E-state index in [1.165, 1.54) is 0 Å². The first kappa shape index (κ1) is 11.1. The van der Waals surface area contributed by atoms with Crippen molar-refractivity contribution >= 4 is 0 Å². The summed E-state index contributed by atoms with van der Waals surface area (Å²) in [6.45, 7) is 2.98. The number of hydrogen-bond donors (Lipinski definition) is 0. The van der Waals surface area contributed by atoms with Crippen molar-refractivity contribution in [1.82, 2.24) is 14.3 Å². The van der Waals surface area contributed by atoms with Gasteiger partial charge in [-0.15, -0.1) is 0 Å². The van der Waals surface area contributed by atoms with Crippen LogP contribution in [0.1, 0.15) is 11.3 Å². The van der Waals surface area contributed by atoms with Crippen molar-refractivity contribution < 1.29 is 0 Å². The number of hydrogen-bond acceptors (Lipinski definition) is 3. The van der Waals surface area contributed by atoms with Crippen molar-refractivity contribution in [2.24, 2.45) is 0 Å². The smallest absolute Gasteiger partial charge is 0.268 e. The van der Waals surface area contributed by atoms with E-state index in [9.17, 15) is 4.79 Å². The Hall–Kier alpha value is -2.35. The maximum Gasteiger partial charge on any atom is 0.268 e. The lowest BCUT2D eigenvalue weighted by Crippen LogP contribution is -2.26. The number of pyridine rings is 1. The molecule has 0 saturated carbocycles. The minimum atomic E-state index is -0.236. The van der Waals surface area contributed by atoms with Gasteiger partial charge in [0.25, 0.3) is 5.56 Å². The summed E-state index contributed by atoms with van der Waals surface area (Å²) >= 11 is 0. The SMILES string of the molecule is Cc1ccc(C#N)c(=O)n1CCn1cccn1. The molecule has 0 radical (unpaired) electrons. The first-order valence-electron chi connectivity index (χ1n) is 5.30. The summed E-state index contributed by atoms with van der Waals surface area (Å²) < 4.78 is 3.35. The number of aryl methyl sites for hydroxylation is 2. The van der Waals surface area contributed by atoms with Gasteiger partial charge in [-0.25, -0.2) is 0 Å². The lowest BCUT2D eigenvalue weighted by atomic mass is 10.2. The fraction of sp³-hybridized carbons (Fsp3) is 0.250. The molecule has 2 aromatic rings. The van der Waals surface area contributed by atoms with Crippen molar-refractivity contribution in [3.8, 4) is 6.07 Å². The van der Waals surface area contributed by atoms with Crippen LogP contribution in [-0.4, -0.2) is 14.3 Å². The van der Waals surface area contributed by atoms with Gasteiger partial charge in [-0.3, -0.25) is 9.48 Å². The second kappa shape index (κ2) is 4.66. The van der Waals surface area contributed by atoms with E-state index in [4.69, 9.17) is 5.26 Å². The molecule has 0 spiro atoms. The summed E-state index contributed by atoms with van der Waals surface area (Å²) in [6, 6.07) is 7.07. The zero-order chi connectivity index (χ0) is 12.3. The van der Waals surface area contributed by atoms with E-state index in [1.807, 2.05) is 25.3 Å². The van der Waals surface area contributed by atoms with Crippen LogP contribution in [0, 0.1) is 18.3 Å². The normalized spacial score (nSPS) is 10.1. The predicted molar refractivity (Wildman–Crippen MR) is 62.4 cm³/mol. The second-order valence-corrected chi connectivity index (χ2v) is 3.73. The molecule has 2 rings (SSSR count). The van der Waals surface area contributed by atoms with Gasteiger partial charge in [0.15, 0.2) is 0 Å². The Bertz CT molecular complexity index is 604. The minimum absolute atomic E-state index is 0.177. The quantitative estimate of drug-likeness (QED) is 0.784. The maximum atomic E-state index is 11.9. The molecule has 0 fully saturated rings. The fourth-order valence-corrected chi connectivity index (χ4v) is 1.67. The van der Waals surface area contributed by atoms with Gasteiger partial charge in [0, 0.05) is 24.6 Å². The summed E-state index contributed by atoms with van der Waals surface area (Å²) in [6.07, 6.45) is 3.54. The highest BCUT2D eigenvalue weighted by Crippen LogP contribution is 1.98. The highest BCUT2D eigenvalue weighted by atomic mass is 16.1. The van der Waals surface area contributed by atoms with E-state index in [-0.39, 0.29) is 11.1 Å². The van der Waals surface area contributed by atoms with E-state index in [0.717, 1.165) is 5.69 Å². The molecule has 5 heteroatoms. The van der Waals surface area contributed by atoms with Gasteiger partial charge < -0.3 is 4.57 Å². The first-order valence-corrected chi connectivity index (χ1v) is 5.30. The molecular formula is C12H12N4O. The number of rotatable bonds is 3. The summed E-state index contributed by atoms with van der Waals surface area (Å²) in [4.78, 5) is 11.9. The Morgan fingerprint density at radius 3 is 2.88 bits per heavy atom. The average molecular weight is 228 g/mol. The van der Waals surface area contributed by atoms with Crippen molar-refractivity contribution in [2.75, 3.05) is 0 Å². The lowest BCUT2D eigenvalue weighted by Gasteiger charge is -2.09. The summed E-state index contributed by atoms with van der Waals surface area (Å²) in [5.41, 5.74) is 0.789. The van der Waals surface area contributed by atoms with Crippen molar-refractivity contribution in [1.29, 1.82) is 5.26 Å². The number of aromatic nitrogens is 3. The molecule has 0 saturated heterocycles. The van der Waals surface area contributed by atoms with E-state index >= 15 is 0 Å². The van der Waals surface area contributed by atoms with Gasteiger partial charge in [0.2, 0.25) is 0 Å². The molecule has 17 heavy (non-hydrogen) atoms. The molecule has 0 aliphatic rings. The largest absolute Gasteiger partial charge is 0.310 e. The third-order valence-corrected chi connectivity index (χ3v) is 2.62. The maximum absolute atomic E-state index is 11.9. The van der Waals surface area contributed by atoms with Crippen LogP contribution in [-0.2, 0) is 13.1 Å². The molecule has 0 unspecified atom stereocenters. The fourth-order valence-electron chi connectivity index (χ4n) is 1.67. The van der Waals surface area contributed by atoms with Crippen LogP contribution in [0.4, 0.5) is 0 Å². The molecule has 0 bridgehead atoms. The van der Waals surface area contributed by atoms with Crippen LogP contribution >= 0.6 is 0 Å². The zero-order valence-electron chi connectivity index (χ0n) is 9.50. The van der Waals surface area contributed by atoms with E-state index in [2.05, 4.69) is 5.10 Å². The summed E-state index contributed by atoms with van der Waals surface area (Å²) in [5, 5.41) is 12.9. The monoisotopic (exact) mass is 228 g/mol. The molecule has 0 aromatic carbocycles. The number of nitrogens with zero attached hydrogens (tertiary/aromatic N) is 4. The zero-order valence-corrected chi connectivity index (χ0v) is 9.50. The van der Waals surface area contributed by atoms with Crippen LogP contribution < -0.4 is 5.56 Å². The van der Waals surface area contributed by atoms with E-state index in [1.54, 1.807) is 27.6 Å². The molecular weight excluding hydrogens is 216 g/mol. The second-order valence-electron chi connectivity index (χ2n) is 3.73. The first-order chi connectivity index (χ1) is 8.22. The van der Waals surface area contributed by atoms with Crippen LogP contribution in [0.25, 0.3) is 0 Å². The van der Waals surface area contributed by atoms with Crippen LogP contribution in [0.15, 0.2) is 35.4 Å². The highest BCUT2D eigenvalue weighted by Gasteiger charge is 2.05. The van der Waals surface area contributed by atoms with Crippen LogP contribution in [0.2, 0.25) is 0 Å². The molecule has 2 aromatic heterocycles. The molecule has 5 nitrogen and oxygen atoms in total. The van der Waals surface area contributed by atoms with Crippen molar-refractivity contribution in [3.05, 3.63) is 52.2 Å². The molecule has 0 N–H and O–H groups in total. The molecule has 0 atom stereocenters. The van der Waals surface area contributed by atoms with Crippen LogP contribution in [0.3, 0.4) is 0 Å². The third kappa shape index (κ3) is 2.26. The van der Waals surface area contributed by atoms with Gasteiger partial charge in [-0.05, 0) is 25.1 Å². The Balaban J connectivity index is 2.27. The molecule has 0 amide bonds. The molecule has 2 heterocycles. The van der Waals surface area contributed by atoms with Gasteiger partial charge in [0.05, 0.1) is 6.54 Å². The summed E-state index contributed by atoms with van der Waals surface area (Å²) in [5.74, 6) is 0. The van der Waals surface area contributed by atoms with Crippen LogP contribution in [0.5, 0.6) is 0 Å². The highest BCUT2D eigenvalue weighted by molar-refractivity contribution is 5.27. The predicted octanol–water partition coefficient (Wildman–Crippen LogP) is 0.925. The Morgan fingerprint density at radius 1 is 1.41 bits per heavy atom. The van der Waals surface area contributed by atoms with Crippen molar-refractivity contribution in [2.45, 2.75) is 20.0 Å². The third-order valence-electron chi connectivity index (χ3n) is 2.62.